The summed E-state index contributed by atoms with van der Waals surface area (Å²) in [7, 11) is 0. The van der Waals surface area contributed by atoms with E-state index < -0.39 is 0 Å². The molecule has 5 heteroatoms. The number of aromatic hydroxyl groups is 1. The van der Waals surface area contributed by atoms with Crippen LogP contribution in [0.2, 0.25) is 0 Å². The molecule has 2 rings (SSSR count). The van der Waals surface area contributed by atoms with Crippen molar-refractivity contribution in [2.45, 2.75) is 32.4 Å². The van der Waals surface area contributed by atoms with E-state index in [4.69, 9.17) is 11.5 Å². The highest BCUT2D eigenvalue weighted by Gasteiger charge is 2.28. The molecule has 1 aliphatic rings. The number of nitrogen functional groups attached to an aromatic ring is 1. The summed E-state index contributed by atoms with van der Waals surface area (Å²) in [5.74, 6) is -0.182. The lowest BCUT2D eigenvalue weighted by Crippen LogP contribution is -2.45. The minimum absolute atomic E-state index is 0.0642. The normalized spacial score (nSPS) is 24.3. The SMILES string of the molecule is CC1CCC(C(N)=O)CN1Cc1ccc(O)c(N)c1. The fourth-order valence-electron chi connectivity index (χ4n) is 2.57. The van der Waals surface area contributed by atoms with Crippen molar-refractivity contribution < 1.29 is 9.90 Å². The average molecular weight is 263 g/mol. The molecular formula is C14H21N3O2. The summed E-state index contributed by atoms with van der Waals surface area (Å²) in [6, 6.07) is 5.65. The van der Waals surface area contributed by atoms with Crippen LogP contribution in [-0.2, 0) is 11.3 Å². The molecule has 1 saturated heterocycles. The highest BCUT2D eigenvalue weighted by Crippen LogP contribution is 2.26. The molecule has 5 N–H and O–H groups in total. The Morgan fingerprint density at radius 2 is 2.21 bits per heavy atom. The van der Waals surface area contributed by atoms with Crippen LogP contribution < -0.4 is 11.5 Å². The van der Waals surface area contributed by atoms with Crippen molar-refractivity contribution in [1.82, 2.24) is 4.90 Å². The molecule has 2 atom stereocenters. The van der Waals surface area contributed by atoms with Crippen LogP contribution in [0.25, 0.3) is 0 Å². The second kappa shape index (κ2) is 5.48. The molecule has 1 heterocycles. The van der Waals surface area contributed by atoms with Crippen molar-refractivity contribution in [1.29, 1.82) is 0 Å². The topological polar surface area (TPSA) is 92.6 Å². The number of amides is 1. The summed E-state index contributed by atoms with van der Waals surface area (Å²) in [4.78, 5) is 13.5. The quantitative estimate of drug-likeness (QED) is 0.561. The van der Waals surface area contributed by atoms with Gasteiger partial charge in [-0.3, -0.25) is 9.69 Å². The second-order valence-corrected chi connectivity index (χ2v) is 5.35. The Morgan fingerprint density at radius 3 is 2.84 bits per heavy atom. The predicted octanol–water partition coefficient (Wildman–Crippen LogP) is 1.06. The molecule has 1 aliphatic heterocycles. The molecule has 2 unspecified atom stereocenters. The zero-order chi connectivity index (χ0) is 14.0. The van der Waals surface area contributed by atoms with Crippen LogP contribution in [0.3, 0.4) is 0 Å². The van der Waals surface area contributed by atoms with E-state index in [0.29, 0.717) is 18.3 Å². The second-order valence-electron chi connectivity index (χ2n) is 5.35. The molecule has 1 fully saturated rings. The van der Waals surface area contributed by atoms with Crippen molar-refractivity contribution in [2.75, 3.05) is 12.3 Å². The van der Waals surface area contributed by atoms with Gasteiger partial charge in [0.25, 0.3) is 0 Å². The van der Waals surface area contributed by atoms with E-state index in [1.54, 1.807) is 12.1 Å². The summed E-state index contributed by atoms with van der Waals surface area (Å²) in [6.45, 7) is 3.56. The Balaban J connectivity index is 2.07. The van der Waals surface area contributed by atoms with E-state index in [0.717, 1.165) is 24.9 Å². The maximum absolute atomic E-state index is 11.3. The molecule has 0 radical (unpaired) electrons. The van der Waals surface area contributed by atoms with Gasteiger partial charge in [-0.1, -0.05) is 6.07 Å². The highest BCUT2D eigenvalue weighted by molar-refractivity contribution is 5.77. The van der Waals surface area contributed by atoms with E-state index >= 15 is 0 Å². The van der Waals surface area contributed by atoms with Crippen LogP contribution in [0.5, 0.6) is 5.75 Å². The summed E-state index contributed by atoms with van der Waals surface area (Å²) in [6.07, 6.45) is 1.84. The van der Waals surface area contributed by atoms with Gasteiger partial charge in [-0.2, -0.15) is 0 Å². The fourth-order valence-corrected chi connectivity index (χ4v) is 2.57. The number of nitrogens with two attached hydrogens (primary N) is 2. The number of carbonyl (C=O) groups excluding carboxylic acids is 1. The average Bonchev–Trinajstić information content (AvgIpc) is 2.36. The van der Waals surface area contributed by atoms with Crippen LogP contribution in [0.1, 0.15) is 25.3 Å². The van der Waals surface area contributed by atoms with E-state index in [2.05, 4.69) is 11.8 Å². The number of phenols is 1. The molecule has 1 aromatic carbocycles. The first-order valence-electron chi connectivity index (χ1n) is 6.58. The number of hydrogen-bond donors (Lipinski definition) is 3. The molecule has 0 bridgehead atoms. The Kier molecular flexibility index (Phi) is 3.95. The van der Waals surface area contributed by atoms with Gasteiger partial charge in [-0.25, -0.2) is 0 Å². The predicted molar refractivity (Wildman–Crippen MR) is 74.3 cm³/mol. The molecule has 0 spiro atoms. The van der Waals surface area contributed by atoms with Crippen molar-refractivity contribution in [3.05, 3.63) is 23.8 Å². The number of hydrogen-bond acceptors (Lipinski definition) is 4. The van der Waals surface area contributed by atoms with Gasteiger partial charge in [-0.15, -0.1) is 0 Å². The molecular weight excluding hydrogens is 242 g/mol. The number of anilines is 1. The summed E-state index contributed by atoms with van der Waals surface area (Å²) >= 11 is 0. The Hall–Kier alpha value is -1.75. The number of nitrogens with zero attached hydrogens (tertiary/aromatic N) is 1. The molecule has 19 heavy (non-hydrogen) atoms. The number of primary amides is 1. The third-order valence-corrected chi connectivity index (χ3v) is 3.89. The van der Waals surface area contributed by atoms with Gasteiger partial charge in [0.1, 0.15) is 5.75 Å². The maximum Gasteiger partial charge on any atom is 0.221 e. The third kappa shape index (κ3) is 3.17. The fraction of sp³-hybridized carbons (Fsp3) is 0.500. The number of phenolic OH excluding ortho intramolecular Hbond substituents is 1. The van der Waals surface area contributed by atoms with Gasteiger partial charge < -0.3 is 16.6 Å². The first-order chi connectivity index (χ1) is 8.97. The summed E-state index contributed by atoms with van der Waals surface area (Å²) in [5.41, 5.74) is 12.5. The van der Waals surface area contributed by atoms with Crippen LogP contribution >= 0.6 is 0 Å². The van der Waals surface area contributed by atoms with Crippen molar-refractivity contribution in [3.63, 3.8) is 0 Å². The van der Waals surface area contributed by atoms with Crippen LogP contribution in [0.4, 0.5) is 5.69 Å². The molecule has 104 valence electrons. The van der Waals surface area contributed by atoms with Crippen molar-refractivity contribution >= 4 is 11.6 Å². The number of piperidine rings is 1. The number of carbonyl (C=O) groups is 1. The third-order valence-electron chi connectivity index (χ3n) is 3.89. The first-order valence-corrected chi connectivity index (χ1v) is 6.58. The molecule has 0 aliphatic carbocycles. The largest absolute Gasteiger partial charge is 0.506 e. The van der Waals surface area contributed by atoms with Gasteiger partial charge >= 0.3 is 0 Å². The molecule has 1 amide bonds. The number of benzene rings is 1. The van der Waals surface area contributed by atoms with E-state index in [-0.39, 0.29) is 17.6 Å². The lowest BCUT2D eigenvalue weighted by molar-refractivity contribution is -0.124. The van der Waals surface area contributed by atoms with Crippen LogP contribution in [0, 0.1) is 5.92 Å². The molecule has 5 nitrogen and oxygen atoms in total. The number of rotatable bonds is 3. The van der Waals surface area contributed by atoms with Crippen molar-refractivity contribution in [2.24, 2.45) is 11.7 Å². The lowest BCUT2D eigenvalue weighted by Gasteiger charge is -2.36. The molecule has 1 aromatic rings. The van der Waals surface area contributed by atoms with E-state index in [1.165, 1.54) is 0 Å². The Labute approximate surface area is 113 Å². The van der Waals surface area contributed by atoms with Gasteiger partial charge in [0.15, 0.2) is 0 Å². The first kappa shape index (κ1) is 13.7. The Morgan fingerprint density at radius 1 is 1.47 bits per heavy atom. The minimum atomic E-state index is -0.220. The standard InChI is InChI=1S/C14H21N3O2/c1-9-2-4-11(14(16)19)8-17(9)7-10-3-5-13(18)12(15)6-10/h3,5-6,9,11,18H,2,4,7-8,15H2,1H3,(H2,16,19). The maximum atomic E-state index is 11.3. The van der Waals surface area contributed by atoms with Gasteiger partial charge in [0.2, 0.25) is 5.91 Å². The highest BCUT2D eigenvalue weighted by atomic mass is 16.3. The summed E-state index contributed by atoms with van der Waals surface area (Å²) in [5, 5.41) is 9.42. The van der Waals surface area contributed by atoms with E-state index in [1.807, 2.05) is 6.07 Å². The smallest absolute Gasteiger partial charge is 0.221 e. The molecule has 0 saturated carbocycles. The van der Waals surface area contributed by atoms with Gasteiger partial charge in [0, 0.05) is 19.1 Å². The monoisotopic (exact) mass is 263 g/mol. The zero-order valence-electron chi connectivity index (χ0n) is 11.2. The van der Waals surface area contributed by atoms with Gasteiger partial charge in [0.05, 0.1) is 11.6 Å². The lowest BCUT2D eigenvalue weighted by atomic mass is 9.92. The van der Waals surface area contributed by atoms with Crippen LogP contribution in [0.15, 0.2) is 18.2 Å². The molecule has 0 aromatic heterocycles. The summed E-state index contributed by atoms with van der Waals surface area (Å²) < 4.78 is 0. The van der Waals surface area contributed by atoms with E-state index in [9.17, 15) is 9.90 Å². The van der Waals surface area contributed by atoms with Crippen molar-refractivity contribution in [3.8, 4) is 5.75 Å². The minimum Gasteiger partial charge on any atom is -0.506 e. The number of likely N-dealkylation sites (tertiary alicyclic amines) is 1. The van der Waals surface area contributed by atoms with Gasteiger partial charge in [-0.05, 0) is 37.5 Å². The Bertz CT molecular complexity index is 476. The van der Waals surface area contributed by atoms with Crippen LogP contribution in [-0.4, -0.2) is 28.5 Å². The zero-order valence-corrected chi connectivity index (χ0v) is 11.2.